The Kier molecular flexibility index (Phi) is 4.04. The maximum Gasteiger partial charge on any atom is 0.257 e. The van der Waals surface area contributed by atoms with E-state index in [2.05, 4.69) is 11.9 Å². The normalized spacial score (nSPS) is 25.6. The largest absolute Gasteiger partial charge is 0.472 e. The van der Waals surface area contributed by atoms with Crippen LogP contribution in [-0.2, 0) is 4.74 Å². The summed E-state index contributed by atoms with van der Waals surface area (Å²) < 4.78 is 10.3. The van der Waals surface area contributed by atoms with E-state index in [1.165, 1.54) is 19.1 Å². The second kappa shape index (κ2) is 5.81. The monoisotopic (exact) mass is 292 g/mol. The first-order chi connectivity index (χ1) is 10.2. The van der Waals surface area contributed by atoms with Crippen molar-refractivity contribution in [1.29, 1.82) is 0 Å². The number of hydrogen-bond acceptors (Lipinski definition) is 4. The molecule has 1 spiro atoms. The zero-order valence-corrected chi connectivity index (χ0v) is 12.9. The number of rotatable bonds is 3. The fraction of sp³-hybridized carbons (Fsp3) is 0.688. The predicted octanol–water partition coefficient (Wildman–Crippen LogP) is 1.99. The number of methoxy groups -OCH3 is 1. The number of furan rings is 1. The van der Waals surface area contributed by atoms with Crippen molar-refractivity contribution in [3.05, 3.63) is 24.2 Å². The zero-order valence-electron chi connectivity index (χ0n) is 12.9. The maximum absolute atomic E-state index is 12.3. The summed E-state index contributed by atoms with van der Waals surface area (Å²) in [6, 6.07) is 2.26. The topological polar surface area (TPSA) is 45.9 Å². The Labute approximate surface area is 125 Å². The van der Waals surface area contributed by atoms with Gasteiger partial charge in [-0.3, -0.25) is 9.69 Å². The lowest BCUT2D eigenvalue weighted by atomic mass is 9.85. The Morgan fingerprint density at radius 1 is 1.43 bits per heavy atom. The van der Waals surface area contributed by atoms with Gasteiger partial charge in [-0.15, -0.1) is 0 Å². The summed E-state index contributed by atoms with van der Waals surface area (Å²) in [6.45, 7) is 2.46. The van der Waals surface area contributed by atoms with Gasteiger partial charge in [-0.05, 0) is 38.8 Å². The van der Waals surface area contributed by atoms with E-state index < -0.39 is 0 Å². The molecular weight excluding hydrogens is 268 g/mol. The van der Waals surface area contributed by atoms with Crippen LogP contribution in [0.3, 0.4) is 0 Å². The predicted molar refractivity (Wildman–Crippen MR) is 79.2 cm³/mol. The minimum absolute atomic E-state index is 0.0905. The highest BCUT2D eigenvalue weighted by Crippen LogP contribution is 2.40. The van der Waals surface area contributed by atoms with Crippen LogP contribution in [0.25, 0.3) is 0 Å². The van der Waals surface area contributed by atoms with E-state index in [9.17, 15) is 4.79 Å². The molecule has 116 valence electrons. The van der Waals surface area contributed by atoms with E-state index in [1.54, 1.807) is 19.4 Å². The molecule has 3 heterocycles. The van der Waals surface area contributed by atoms with Crippen LogP contribution in [0.4, 0.5) is 0 Å². The van der Waals surface area contributed by atoms with E-state index in [0.29, 0.717) is 11.6 Å². The highest BCUT2D eigenvalue weighted by Gasteiger charge is 2.46. The average Bonchev–Trinajstić information content (AvgIpc) is 3.13. The Hall–Kier alpha value is -1.33. The van der Waals surface area contributed by atoms with Crippen LogP contribution in [-0.4, -0.2) is 61.1 Å². The number of carbonyl (C=O) groups is 1. The Balaban J connectivity index is 1.61. The molecule has 1 amide bonds. The lowest BCUT2D eigenvalue weighted by molar-refractivity contribution is 0.0273. The number of likely N-dealkylation sites (N-methyl/N-ethyl adjacent to an activating group) is 1. The molecule has 2 aliphatic heterocycles. The summed E-state index contributed by atoms with van der Waals surface area (Å²) in [6.07, 6.45) is 7.59. The van der Waals surface area contributed by atoms with Crippen LogP contribution in [0, 0.1) is 0 Å². The molecule has 2 aliphatic rings. The quantitative estimate of drug-likeness (QED) is 0.855. The molecule has 5 nitrogen and oxygen atoms in total. The van der Waals surface area contributed by atoms with Gasteiger partial charge in [0.25, 0.3) is 5.91 Å². The third-order valence-corrected chi connectivity index (χ3v) is 5.35. The van der Waals surface area contributed by atoms with Crippen molar-refractivity contribution in [2.45, 2.75) is 37.3 Å². The third-order valence-electron chi connectivity index (χ3n) is 5.35. The smallest absolute Gasteiger partial charge is 0.257 e. The van der Waals surface area contributed by atoms with Crippen LogP contribution in [0.1, 0.15) is 36.0 Å². The SMILES string of the molecule is COC[C@@H]1CCC2(CCN(C(=O)c3ccoc3)CC2)N1C. The molecule has 0 bridgehead atoms. The van der Waals surface area contributed by atoms with E-state index in [0.717, 1.165) is 32.5 Å². The highest BCUT2D eigenvalue weighted by atomic mass is 16.5. The summed E-state index contributed by atoms with van der Waals surface area (Å²) in [7, 11) is 3.98. The summed E-state index contributed by atoms with van der Waals surface area (Å²) >= 11 is 0. The molecule has 1 aromatic rings. The van der Waals surface area contributed by atoms with Crippen LogP contribution < -0.4 is 0 Å². The summed E-state index contributed by atoms with van der Waals surface area (Å²) in [5.74, 6) is 0.0905. The van der Waals surface area contributed by atoms with E-state index >= 15 is 0 Å². The van der Waals surface area contributed by atoms with Crippen molar-refractivity contribution in [2.24, 2.45) is 0 Å². The molecule has 2 saturated heterocycles. The number of likely N-dealkylation sites (tertiary alicyclic amines) is 2. The Morgan fingerprint density at radius 3 is 2.81 bits per heavy atom. The minimum atomic E-state index is 0.0905. The van der Waals surface area contributed by atoms with Crippen LogP contribution >= 0.6 is 0 Å². The number of hydrogen-bond donors (Lipinski definition) is 0. The lowest BCUT2D eigenvalue weighted by Gasteiger charge is -2.45. The number of ether oxygens (including phenoxy) is 1. The van der Waals surface area contributed by atoms with Gasteiger partial charge in [-0.2, -0.15) is 0 Å². The standard InChI is InChI=1S/C16H24N2O3/c1-17-14(12-20-2)3-5-16(17)6-8-18(9-7-16)15(19)13-4-10-21-11-13/h4,10-11,14H,3,5-9,12H2,1-2H3/t14-/m0/s1. The van der Waals surface area contributed by atoms with E-state index in [1.807, 2.05) is 4.90 Å². The second-order valence-corrected chi connectivity index (χ2v) is 6.29. The molecule has 0 aliphatic carbocycles. The zero-order chi connectivity index (χ0) is 14.9. The van der Waals surface area contributed by atoms with Gasteiger partial charge in [-0.1, -0.05) is 0 Å². The van der Waals surface area contributed by atoms with Crippen molar-refractivity contribution in [2.75, 3.05) is 33.9 Å². The minimum Gasteiger partial charge on any atom is -0.472 e. The van der Waals surface area contributed by atoms with Gasteiger partial charge in [0.2, 0.25) is 0 Å². The molecule has 0 saturated carbocycles. The van der Waals surface area contributed by atoms with Crippen LogP contribution in [0.15, 0.2) is 23.0 Å². The Bertz CT molecular complexity index is 478. The number of piperidine rings is 1. The molecule has 2 fully saturated rings. The van der Waals surface area contributed by atoms with Gasteiger partial charge >= 0.3 is 0 Å². The molecule has 0 N–H and O–H groups in total. The Morgan fingerprint density at radius 2 is 2.19 bits per heavy atom. The summed E-state index contributed by atoms with van der Waals surface area (Å²) in [4.78, 5) is 16.8. The third kappa shape index (κ3) is 2.60. The second-order valence-electron chi connectivity index (χ2n) is 6.29. The fourth-order valence-corrected chi connectivity index (χ4v) is 3.88. The van der Waals surface area contributed by atoms with Crippen LogP contribution in [0.2, 0.25) is 0 Å². The van der Waals surface area contributed by atoms with E-state index in [-0.39, 0.29) is 11.4 Å². The van der Waals surface area contributed by atoms with Crippen molar-refractivity contribution < 1.29 is 13.9 Å². The summed E-state index contributed by atoms with van der Waals surface area (Å²) in [5.41, 5.74) is 0.916. The molecule has 0 radical (unpaired) electrons. The number of carbonyl (C=O) groups excluding carboxylic acids is 1. The van der Waals surface area contributed by atoms with Gasteiger partial charge < -0.3 is 14.1 Å². The maximum atomic E-state index is 12.3. The molecule has 3 rings (SSSR count). The molecule has 1 atom stereocenters. The first kappa shape index (κ1) is 14.6. The van der Waals surface area contributed by atoms with Gasteiger partial charge in [0.1, 0.15) is 6.26 Å². The molecule has 21 heavy (non-hydrogen) atoms. The molecule has 5 heteroatoms. The van der Waals surface area contributed by atoms with Crippen LogP contribution in [0.5, 0.6) is 0 Å². The van der Waals surface area contributed by atoms with Crippen molar-refractivity contribution in [1.82, 2.24) is 9.80 Å². The summed E-state index contributed by atoms with van der Waals surface area (Å²) in [5, 5.41) is 0. The van der Waals surface area contributed by atoms with Crippen molar-refractivity contribution in [3.63, 3.8) is 0 Å². The van der Waals surface area contributed by atoms with Gasteiger partial charge in [0, 0.05) is 31.8 Å². The highest BCUT2D eigenvalue weighted by molar-refractivity contribution is 5.93. The molecule has 0 aromatic carbocycles. The first-order valence-electron chi connectivity index (χ1n) is 7.70. The van der Waals surface area contributed by atoms with Gasteiger partial charge in [0.05, 0.1) is 18.4 Å². The fourth-order valence-electron chi connectivity index (χ4n) is 3.88. The number of amides is 1. The lowest BCUT2D eigenvalue weighted by Crippen LogP contribution is -2.54. The number of nitrogens with zero attached hydrogens (tertiary/aromatic N) is 2. The van der Waals surface area contributed by atoms with Gasteiger partial charge in [0.15, 0.2) is 0 Å². The van der Waals surface area contributed by atoms with Gasteiger partial charge in [-0.25, -0.2) is 0 Å². The van der Waals surface area contributed by atoms with Crippen molar-refractivity contribution in [3.8, 4) is 0 Å². The first-order valence-corrected chi connectivity index (χ1v) is 7.70. The molecule has 1 aromatic heterocycles. The van der Waals surface area contributed by atoms with E-state index in [4.69, 9.17) is 9.15 Å². The van der Waals surface area contributed by atoms with Crippen molar-refractivity contribution >= 4 is 5.91 Å². The average molecular weight is 292 g/mol. The molecule has 0 unspecified atom stereocenters. The molecular formula is C16H24N2O3.